The number of fused-ring (bicyclic) bond motifs is 1. The van der Waals surface area contributed by atoms with Crippen molar-refractivity contribution in [2.75, 3.05) is 6.54 Å². The van der Waals surface area contributed by atoms with Crippen molar-refractivity contribution in [2.24, 2.45) is 0 Å². The molecule has 1 amide bonds. The topological polar surface area (TPSA) is 104 Å². The summed E-state index contributed by atoms with van der Waals surface area (Å²) in [6, 6.07) is 21.3. The van der Waals surface area contributed by atoms with E-state index < -0.39 is 12.1 Å². The maximum absolute atomic E-state index is 13.1. The van der Waals surface area contributed by atoms with Crippen molar-refractivity contribution in [3.63, 3.8) is 0 Å². The number of carbonyl (C=O) groups excluding carboxylic acids is 2. The Kier molecular flexibility index (Phi) is 7.65. The van der Waals surface area contributed by atoms with Crippen molar-refractivity contribution in [1.29, 1.82) is 0 Å². The molecule has 36 heavy (non-hydrogen) atoms. The van der Waals surface area contributed by atoms with Gasteiger partial charge in [-0.05, 0) is 42.7 Å². The molecule has 1 N–H and O–H groups in total. The van der Waals surface area contributed by atoms with E-state index in [1.165, 1.54) is 6.07 Å². The molecule has 0 saturated heterocycles. The normalized spacial score (nSPS) is 10.6. The molecule has 4 rings (SSSR count). The molecule has 4 aromatic rings. The van der Waals surface area contributed by atoms with E-state index in [1.54, 1.807) is 37.3 Å². The number of aryl methyl sites for hydroxylation is 2. The molecule has 0 radical (unpaired) electrons. The van der Waals surface area contributed by atoms with E-state index >= 15 is 0 Å². The van der Waals surface area contributed by atoms with Crippen LogP contribution in [0.3, 0.4) is 0 Å². The fourth-order valence-electron chi connectivity index (χ4n) is 3.53. The minimum atomic E-state index is -0.738. The number of amides is 1. The molecule has 0 atom stereocenters. The van der Waals surface area contributed by atoms with Crippen LogP contribution in [-0.4, -0.2) is 18.6 Å². The first-order valence-corrected chi connectivity index (χ1v) is 11.4. The number of esters is 1. The number of nitrogens with one attached hydrogen (secondary N) is 1. The van der Waals surface area contributed by atoms with Gasteiger partial charge in [0.1, 0.15) is 36.0 Å². The van der Waals surface area contributed by atoms with Crippen LogP contribution in [0.15, 0.2) is 82.0 Å². The highest BCUT2D eigenvalue weighted by Gasteiger charge is 2.18. The Labute approximate surface area is 207 Å². The fraction of sp³-hybridized carbons (Fsp3) is 0.179. The molecule has 1 aromatic heterocycles. The minimum Gasteiger partial charge on any atom is -0.457 e. The second-order valence-corrected chi connectivity index (χ2v) is 7.93. The van der Waals surface area contributed by atoms with Crippen molar-refractivity contribution in [1.82, 2.24) is 5.32 Å². The molecule has 0 spiro atoms. The number of benzene rings is 3. The van der Waals surface area contributed by atoms with Crippen molar-refractivity contribution in [3.8, 4) is 17.2 Å². The average molecular weight is 488 g/mol. The van der Waals surface area contributed by atoms with E-state index in [1.807, 2.05) is 43.3 Å². The van der Waals surface area contributed by atoms with Gasteiger partial charge in [-0.15, -0.1) is 0 Å². The summed E-state index contributed by atoms with van der Waals surface area (Å²) in [6.45, 7) is 3.20. The van der Waals surface area contributed by atoms with E-state index in [0.717, 1.165) is 5.56 Å². The zero-order chi connectivity index (χ0) is 25.5. The van der Waals surface area contributed by atoms with Crippen LogP contribution in [0.5, 0.6) is 17.2 Å². The highest BCUT2D eigenvalue weighted by atomic mass is 16.6. The first kappa shape index (κ1) is 24.5. The zero-order valence-electron chi connectivity index (χ0n) is 19.9. The Morgan fingerprint density at radius 1 is 0.972 bits per heavy atom. The number of hydrogen-bond donors (Lipinski definition) is 1. The summed E-state index contributed by atoms with van der Waals surface area (Å²) < 4.78 is 22.2. The van der Waals surface area contributed by atoms with Gasteiger partial charge in [-0.1, -0.05) is 55.5 Å². The van der Waals surface area contributed by atoms with Gasteiger partial charge in [-0.3, -0.25) is 4.79 Å². The summed E-state index contributed by atoms with van der Waals surface area (Å²) in [5, 5.41) is 2.68. The zero-order valence-corrected chi connectivity index (χ0v) is 19.9. The minimum absolute atomic E-state index is 0.0841. The molecule has 0 fully saturated rings. The third-order valence-corrected chi connectivity index (χ3v) is 5.35. The Morgan fingerprint density at radius 2 is 1.67 bits per heavy atom. The van der Waals surface area contributed by atoms with Crippen LogP contribution in [0.4, 0.5) is 4.79 Å². The lowest BCUT2D eigenvalue weighted by Crippen LogP contribution is -2.32. The molecule has 0 aliphatic carbocycles. The van der Waals surface area contributed by atoms with Gasteiger partial charge in [0.25, 0.3) is 0 Å². The van der Waals surface area contributed by atoms with Crippen LogP contribution in [0, 0.1) is 6.92 Å². The third kappa shape index (κ3) is 5.90. The maximum Gasteiger partial charge on any atom is 0.407 e. The summed E-state index contributed by atoms with van der Waals surface area (Å²) >= 11 is 0. The molecule has 0 saturated carbocycles. The van der Waals surface area contributed by atoms with Gasteiger partial charge in [0.05, 0.1) is 5.39 Å². The predicted octanol–water partition coefficient (Wildman–Crippen LogP) is 5.29. The van der Waals surface area contributed by atoms with Crippen LogP contribution in [0.25, 0.3) is 11.0 Å². The first-order valence-electron chi connectivity index (χ1n) is 11.4. The van der Waals surface area contributed by atoms with Crippen molar-refractivity contribution in [3.05, 3.63) is 99.9 Å². The lowest BCUT2D eigenvalue weighted by atomic mass is 10.1. The molecule has 0 bridgehead atoms. The number of ether oxygens (including phenoxy) is 3. The predicted molar refractivity (Wildman–Crippen MR) is 133 cm³/mol. The summed E-state index contributed by atoms with van der Waals surface area (Å²) in [6.07, 6.45) is -0.245. The summed E-state index contributed by atoms with van der Waals surface area (Å²) in [7, 11) is 0. The van der Waals surface area contributed by atoms with Gasteiger partial charge in [-0.25, -0.2) is 9.59 Å². The number of para-hydroxylation sites is 1. The van der Waals surface area contributed by atoms with Gasteiger partial charge in [0.15, 0.2) is 0 Å². The van der Waals surface area contributed by atoms with E-state index in [4.69, 9.17) is 18.6 Å². The molecule has 8 heteroatoms. The largest absolute Gasteiger partial charge is 0.457 e. The Morgan fingerprint density at radius 3 is 2.36 bits per heavy atom. The van der Waals surface area contributed by atoms with E-state index in [2.05, 4.69) is 5.32 Å². The molecule has 0 aliphatic heterocycles. The lowest BCUT2D eigenvalue weighted by Gasteiger charge is -2.13. The lowest BCUT2D eigenvalue weighted by molar-refractivity contribution is -0.133. The molecule has 0 aliphatic rings. The summed E-state index contributed by atoms with van der Waals surface area (Å²) in [5.41, 5.74) is 1.39. The van der Waals surface area contributed by atoms with Crippen molar-refractivity contribution >= 4 is 23.0 Å². The fourth-order valence-corrected chi connectivity index (χ4v) is 3.53. The number of rotatable bonds is 8. The van der Waals surface area contributed by atoms with Gasteiger partial charge < -0.3 is 23.9 Å². The Hall–Kier alpha value is -4.59. The van der Waals surface area contributed by atoms with E-state index in [0.29, 0.717) is 28.9 Å². The van der Waals surface area contributed by atoms with E-state index in [9.17, 15) is 14.4 Å². The van der Waals surface area contributed by atoms with Gasteiger partial charge in [0, 0.05) is 6.07 Å². The molecule has 1 heterocycles. The Bertz CT molecular complexity index is 1430. The molecular formula is C28H25NO7. The molecule has 8 nitrogen and oxygen atoms in total. The van der Waals surface area contributed by atoms with Gasteiger partial charge >= 0.3 is 12.1 Å². The standard InChI is InChI=1S/C28H25NO7/c1-3-20-14-22-24(34-18(2)27(26(22)31)35-21-12-8-5-9-13-21)15-23(20)36-25(30)16-29-28(32)33-17-19-10-6-4-7-11-19/h4-15H,3,16-17H2,1-2H3,(H,29,32). The van der Waals surface area contributed by atoms with Crippen molar-refractivity contribution < 1.29 is 28.2 Å². The summed E-state index contributed by atoms with van der Waals surface area (Å²) in [5.74, 6) is 0.459. The highest BCUT2D eigenvalue weighted by molar-refractivity contribution is 5.84. The second-order valence-electron chi connectivity index (χ2n) is 7.93. The SMILES string of the molecule is CCc1cc2c(=O)c(Oc3ccccc3)c(C)oc2cc1OC(=O)CNC(=O)OCc1ccccc1. The molecule has 0 unspecified atom stereocenters. The van der Waals surface area contributed by atoms with Crippen LogP contribution in [0.1, 0.15) is 23.8 Å². The number of hydrogen-bond acceptors (Lipinski definition) is 7. The Balaban J connectivity index is 1.46. The molecule has 3 aromatic carbocycles. The van der Waals surface area contributed by atoms with Crippen LogP contribution in [-0.2, 0) is 22.6 Å². The van der Waals surface area contributed by atoms with Crippen LogP contribution >= 0.6 is 0 Å². The summed E-state index contributed by atoms with van der Waals surface area (Å²) in [4.78, 5) is 37.4. The monoisotopic (exact) mass is 487 g/mol. The maximum atomic E-state index is 13.1. The van der Waals surface area contributed by atoms with Crippen molar-refractivity contribution in [2.45, 2.75) is 26.9 Å². The number of alkyl carbamates (subject to hydrolysis) is 1. The molecular weight excluding hydrogens is 462 g/mol. The van der Waals surface area contributed by atoms with Gasteiger partial charge in [-0.2, -0.15) is 0 Å². The third-order valence-electron chi connectivity index (χ3n) is 5.35. The van der Waals surface area contributed by atoms with Crippen LogP contribution in [0.2, 0.25) is 0 Å². The van der Waals surface area contributed by atoms with E-state index in [-0.39, 0.29) is 35.7 Å². The molecule has 184 valence electrons. The first-order chi connectivity index (χ1) is 17.4. The smallest absolute Gasteiger partial charge is 0.407 e. The quantitative estimate of drug-likeness (QED) is 0.266. The number of carbonyl (C=O) groups is 2. The average Bonchev–Trinajstić information content (AvgIpc) is 2.89. The second kappa shape index (κ2) is 11.2. The van der Waals surface area contributed by atoms with Crippen LogP contribution < -0.4 is 20.2 Å². The van der Waals surface area contributed by atoms with Gasteiger partial charge in [0.2, 0.25) is 11.2 Å². The highest BCUT2D eigenvalue weighted by Crippen LogP contribution is 2.30.